The van der Waals surface area contributed by atoms with Crippen molar-refractivity contribution in [3.63, 3.8) is 0 Å². The van der Waals surface area contributed by atoms with E-state index in [1.54, 1.807) is 11.3 Å². The highest BCUT2D eigenvalue weighted by atomic mass is 32.1. The largest absolute Gasteiger partial charge is 0.484 e. The van der Waals surface area contributed by atoms with Gasteiger partial charge in [-0.3, -0.25) is 4.79 Å². The highest BCUT2D eigenvalue weighted by Crippen LogP contribution is 2.34. The molecule has 0 unspecified atom stereocenters. The molecule has 1 amide bonds. The lowest BCUT2D eigenvalue weighted by molar-refractivity contribution is -0.118. The maximum absolute atomic E-state index is 12.5. The Kier molecular flexibility index (Phi) is 5.08. The van der Waals surface area contributed by atoms with Gasteiger partial charge in [-0.1, -0.05) is 30.3 Å². The third kappa shape index (κ3) is 4.05. The van der Waals surface area contributed by atoms with Gasteiger partial charge in [-0.05, 0) is 61.4 Å². The first kappa shape index (κ1) is 18.2. The van der Waals surface area contributed by atoms with Crippen molar-refractivity contribution >= 4 is 33.1 Å². The number of thiazole rings is 1. The Hall–Kier alpha value is -3.18. The molecule has 5 heteroatoms. The fourth-order valence-corrected chi connectivity index (χ4v) is 4.12. The minimum atomic E-state index is -0.201. The number of carbonyl (C=O) groups excluding carboxylic acids is 1. The first-order chi connectivity index (χ1) is 13.6. The van der Waals surface area contributed by atoms with E-state index >= 15 is 0 Å². The van der Waals surface area contributed by atoms with Crippen molar-refractivity contribution < 1.29 is 9.53 Å². The van der Waals surface area contributed by atoms with Crippen LogP contribution in [0, 0.1) is 13.8 Å². The zero-order chi connectivity index (χ0) is 19.5. The molecule has 4 aromatic rings. The van der Waals surface area contributed by atoms with Gasteiger partial charge in [0.2, 0.25) is 0 Å². The number of nitrogens with one attached hydrogen (secondary N) is 1. The Morgan fingerprint density at radius 1 is 1.00 bits per heavy atom. The molecule has 0 radical (unpaired) electrons. The van der Waals surface area contributed by atoms with Crippen LogP contribution in [-0.2, 0) is 4.79 Å². The lowest BCUT2D eigenvalue weighted by Crippen LogP contribution is -2.20. The van der Waals surface area contributed by atoms with Crippen LogP contribution in [0.4, 0.5) is 5.69 Å². The summed E-state index contributed by atoms with van der Waals surface area (Å²) in [4.78, 5) is 17.2. The SMILES string of the molecule is Cc1cc(C)cc(OCC(=O)Nc2ccccc2-c2nc3ccccc3s2)c1. The van der Waals surface area contributed by atoms with E-state index in [1.165, 1.54) is 0 Å². The van der Waals surface area contributed by atoms with Crippen LogP contribution in [0.5, 0.6) is 5.75 Å². The number of aromatic nitrogens is 1. The molecule has 0 aliphatic rings. The highest BCUT2D eigenvalue weighted by Gasteiger charge is 2.13. The second-order valence-corrected chi connectivity index (χ2v) is 7.72. The minimum absolute atomic E-state index is 0.0446. The van der Waals surface area contributed by atoms with Crippen molar-refractivity contribution in [2.45, 2.75) is 13.8 Å². The molecule has 0 aliphatic carbocycles. The van der Waals surface area contributed by atoms with E-state index < -0.39 is 0 Å². The summed E-state index contributed by atoms with van der Waals surface area (Å²) in [5.74, 6) is 0.500. The number of hydrogen-bond donors (Lipinski definition) is 1. The summed E-state index contributed by atoms with van der Waals surface area (Å²) in [6, 6.07) is 21.6. The Labute approximate surface area is 167 Å². The number of amides is 1. The van der Waals surface area contributed by atoms with Crippen LogP contribution < -0.4 is 10.1 Å². The van der Waals surface area contributed by atoms with Gasteiger partial charge in [0.25, 0.3) is 5.91 Å². The second kappa shape index (κ2) is 7.82. The maximum atomic E-state index is 12.5. The smallest absolute Gasteiger partial charge is 0.262 e. The number of benzene rings is 3. The van der Waals surface area contributed by atoms with Crippen LogP contribution in [0.25, 0.3) is 20.8 Å². The van der Waals surface area contributed by atoms with Crippen LogP contribution in [0.2, 0.25) is 0 Å². The fourth-order valence-electron chi connectivity index (χ4n) is 3.12. The van der Waals surface area contributed by atoms with Gasteiger partial charge in [0.1, 0.15) is 10.8 Å². The molecule has 28 heavy (non-hydrogen) atoms. The molecule has 0 atom stereocenters. The Morgan fingerprint density at radius 2 is 1.71 bits per heavy atom. The summed E-state index contributed by atoms with van der Waals surface area (Å²) in [7, 11) is 0. The predicted molar refractivity (Wildman–Crippen MR) is 115 cm³/mol. The molecule has 140 valence electrons. The highest BCUT2D eigenvalue weighted by molar-refractivity contribution is 7.21. The molecule has 0 aliphatic heterocycles. The van der Waals surface area contributed by atoms with Crippen molar-refractivity contribution in [1.29, 1.82) is 0 Å². The summed E-state index contributed by atoms with van der Waals surface area (Å²) >= 11 is 1.61. The van der Waals surface area contributed by atoms with E-state index in [2.05, 4.69) is 17.4 Å². The van der Waals surface area contributed by atoms with E-state index in [1.807, 2.05) is 68.4 Å². The standard InChI is InChI=1S/C23H20N2O2S/c1-15-11-16(2)13-17(12-15)27-14-22(26)24-19-8-4-3-7-18(19)23-25-20-9-5-6-10-21(20)28-23/h3-13H,14H2,1-2H3,(H,24,26). The van der Waals surface area contributed by atoms with Crippen molar-refractivity contribution in [1.82, 2.24) is 4.98 Å². The van der Waals surface area contributed by atoms with Crippen LogP contribution in [0.3, 0.4) is 0 Å². The zero-order valence-corrected chi connectivity index (χ0v) is 16.5. The Morgan fingerprint density at radius 3 is 2.50 bits per heavy atom. The molecule has 0 fully saturated rings. The van der Waals surface area contributed by atoms with Crippen molar-refractivity contribution in [2.75, 3.05) is 11.9 Å². The molecule has 0 saturated carbocycles. The first-order valence-electron chi connectivity index (χ1n) is 9.04. The first-order valence-corrected chi connectivity index (χ1v) is 9.86. The molecular weight excluding hydrogens is 368 g/mol. The third-order valence-electron chi connectivity index (χ3n) is 4.29. The summed E-state index contributed by atoms with van der Waals surface area (Å²) in [6.45, 7) is 3.97. The number of ether oxygens (including phenoxy) is 1. The second-order valence-electron chi connectivity index (χ2n) is 6.69. The molecule has 1 heterocycles. The van der Waals surface area contributed by atoms with E-state index in [4.69, 9.17) is 9.72 Å². The number of anilines is 1. The van der Waals surface area contributed by atoms with Crippen LogP contribution in [0.15, 0.2) is 66.7 Å². The van der Waals surface area contributed by atoms with Gasteiger partial charge in [0.05, 0.1) is 15.9 Å². The van der Waals surface area contributed by atoms with Crippen LogP contribution in [0.1, 0.15) is 11.1 Å². The number of rotatable bonds is 5. The number of fused-ring (bicyclic) bond motifs is 1. The van der Waals surface area contributed by atoms with E-state index in [-0.39, 0.29) is 12.5 Å². The average Bonchev–Trinajstić information content (AvgIpc) is 3.10. The topological polar surface area (TPSA) is 51.2 Å². The number of hydrogen-bond acceptors (Lipinski definition) is 4. The van der Waals surface area contributed by atoms with Gasteiger partial charge in [0.15, 0.2) is 6.61 Å². The average molecular weight is 388 g/mol. The number of carbonyl (C=O) groups is 1. The van der Waals surface area contributed by atoms with E-state index in [0.717, 1.165) is 37.6 Å². The van der Waals surface area contributed by atoms with Crippen molar-refractivity contribution in [3.05, 3.63) is 77.9 Å². The Balaban J connectivity index is 1.51. The summed E-state index contributed by atoms with van der Waals surface area (Å²) in [5, 5.41) is 3.84. The van der Waals surface area contributed by atoms with Gasteiger partial charge in [-0.25, -0.2) is 4.98 Å². The van der Waals surface area contributed by atoms with Gasteiger partial charge < -0.3 is 10.1 Å². The quantitative estimate of drug-likeness (QED) is 0.484. The molecule has 1 N–H and O–H groups in total. The maximum Gasteiger partial charge on any atom is 0.262 e. The van der Waals surface area contributed by atoms with Gasteiger partial charge >= 0.3 is 0 Å². The predicted octanol–water partition coefficient (Wildman–Crippen LogP) is 5.60. The molecule has 4 nitrogen and oxygen atoms in total. The van der Waals surface area contributed by atoms with Gasteiger partial charge in [0, 0.05) is 5.56 Å². The van der Waals surface area contributed by atoms with Crippen molar-refractivity contribution in [3.8, 4) is 16.3 Å². The molecule has 1 aromatic heterocycles. The number of nitrogens with zero attached hydrogens (tertiary/aromatic N) is 1. The summed E-state index contributed by atoms with van der Waals surface area (Å²) in [6.07, 6.45) is 0. The molecule has 0 bridgehead atoms. The summed E-state index contributed by atoms with van der Waals surface area (Å²) in [5.41, 5.74) is 4.81. The summed E-state index contributed by atoms with van der Waals surface area (Å²) < 4.78 is 6.79. The molecule has 0 spiro atoms. The van der Waals surface area contributed by atoms with Crippen LogP contribution >= 0.6 is 11.3 Å². The fraction of sp³-hybridized carbons (Fsp3) is 0.130. The molecule has 0 saturated heterocycles. The van der Waals surface area contributed by atoms with Gasteiger partial charge in [-0.2, -0.15) is 0 Å². The third-order valence-corrected chi connectivity index (χ3v) is 5.36. The minimum Gasteiger partial charge on any atom is -0.484 e. The zero-order valence-electron chi connectivity index (χ0n) is 15.7. The van der Waals surface area contributed by atoms with E-state index in [0.29, 0.717) is 5.75 Å². The monoisotopic (exact) mass is 388 g/mol. The lowest BCUT2D eigenvalue weighted by Gasteiger charge is -2.11. The molecule has 3 aromatic carbocycles. The number of aryl methyl sites for hydroxylation is 2. The number of para-hydroxylation sites is 2. The molecule has 4 rings (SSSR count). The van der Waals surface area contributed by atoms with Gasteiger partial charge in [-0.15, -0.1) is 11.3 Å². The molecular formula is C23H20N2O2S. The lowest BCUT2D eigenvalue weighted by atomic mass is 10.1. The van der Waals surface area contributed by atoms with Crippen molar-refractivity contribution in [2.24, 2.45) is 0 Å². The van der Waals surface area contributed by atoms with Crippen LogP contribution in [-0.4, -0.2) is 17.5 Å². The van der Waals surface area contributed by atoms with E-state index in [9.17, 15) is 4.79 Å². The Bertz CT molecular complexity index is 1100. The normalized spacial score (nSPS) is 10.8.